The van der Waals surface area contributed by atoms with E-state index in [0.29, 0.717) is 10.0 Å². The van der Waals surface area contributed by atoms with Crippen LogP contribution < -0.4 is 0 Å². The van der Waals surface area contributed by atoms with Gasteiger partial charge in [-0.25, -0.2) is 8.78 Å². The lowest BCUT2D eigenvalue weighted by Crippen LogP contribution is -2.06. The summed E-state index contributed by atoms with van der Waals surface area (Å²) in [6.45, 7) is 0. The van der Waals surface area contributed by atoms with E-state index in [1.165, 1.54) is 30.0 Å². The van der Waals surface area contributed by atoms with Gasteiger partial charge < -0.3 is 0 Å². The predicted molar refractivity (Wildman–Crippen MR) is 79.9 cm³/mol. The van der Waals surface area contributed by atoms with Crippen molar-refractivity contribution < 1.29 is 13.6 Å². The highest BCUT2D eigenvalue weighted by molar-refractivity contribution is 9.10. The fourth-order valence-electron chi connectivity index (χ4n) is 1.64. The smallest absolute Gasteiger partial charge is 0.147 e. The molecule has 1 nitrogen and oxygen atoms in total. The van der Waals surface area contributed by atoms with Gasteiger partial charge in [-0.1, -0.05) is 12.1 Å². The quantitative estimate of drug-likeness (QED) is 0.726. The van der Waals surface area contributed by atoms with Crippen LogP contribution in [0.15, 0.2) is 51.8 Å². The molecule has 2 rings (SSSR count). The summed E-state index contributed by atoms with van der Waals surface area (Å²) < 4.78 is 26.4. The molecule has 0 heterocycles. The van der Waals surface area contributed by atoms with Gasteiger partial charge in [0.25, 0.3) is 0 Å². The van der Waals surface area contributed by atoms with E-state index in [0.717, 1.165) is 4.90 Å². The number of hydrogen-bond acceptors (Lipinski definition) is 2. The maximum atomic E-state index is 13.3. The van der Waals surface area contributed by atoms with Gasteiger partial charge in [-0.15, -0.1) is 11.8 Å². The molecule has 20 heavy (non-hydrogen) atoms. The fraction of sp³-hybridized carbons (Fsp3) is 0.133. The summed E-state index contributed by atoms with van der Waals surface area (Å²) >= 11 is 4.48. The molecule has 0 saturated heterocycles. The van der Waals surface area contributed by atoms with Crippen molar-refractivity contribution in [3.05, 3.63) is 64.1 Å². The van der Waals surface area contributed by atoms with Crippen molar-refractivity contribution in [1.82, 2.24) is 0 Å². The van der Waals surface area contributed by atoms with Crippen molar-refractivity contribution in [2.45, 2.75) is 11.3 Å². The molecule has 0 atom stereocenters. The fourth-order valence-corrected chi connectivity index (χ4v) is 2.81. The van der Waals surface area contributed by atoms with E-state index in [1.807, 2.05) is 0 Å². The number of thioether (sulfide) groups is 1. The molecular formula is C15H11BrF2OS. The number of Topliss-reactive ketones (excluding diaryl/α,β-unsaturated/α-hetero) is 1. The first kappa shape index (κ1) is 15.2. The summed E-state index contributed by atoms with van der Waals surface area (Å²) in [6, 6.07) is 10.6. The van der Waals surface area contributed by atoms with Crippen LogP contribution in [-0.2, 0) is 11.2 Å². The van der Waals surface area contributed by atoms with Gasteiger partial charge in [0.2, 0.25) is 0 Å². The van der Waals surface area contributed by atoms with E-state index < -0.39 is 0 Å². The summed E-state index contributed by atoms with van der Waals surface area (Å²) in [7, 11) is 0. The third kappa shape index (κ3) is 4.15. The van der Waals surface area contributed by atoms with Crippen LogP contribution in [0.25, 0.3) is 0 Å². The molecule has 0 bridgehead atoms. The number of carbonyl (C=O) groups is 1. The molecule has 0 fully saturated rings. The molecule has 0 aliphatic carbocycles. The third-order valence-electron chi connectivity index (χ3n) is 2.63. The molecule has 0 aliphatic rings. The maximum Gasteiger partial charge on any atom is 0.147 e. The molecule has 0 spiro atoms. The Bertz CT molecular complexity index is 614. The summed E-state index contributed by atoms with van der Waals surface area (Å²) in [5.74, 6) is -0.411. The zero-order valence-corrected chi connectivity index (χ0v) is 12.8. The average molecular weight is 357 g/mol. The van der Waals surface area contributed by atoms with Crippen LogP contribution in [0, 0.1) is 11.6 Å². The summed E-state index contributed by atoms with van der Waals surface area (Å²) in [5, 5.41) is 0. The molecule has 2 aromatic carbocycles. The first-order chi connectivity index (χ1) is 9.56. The number of carbonyl (C=O) groups excluding carboxylic acids is 1. The Balaban J connectivity index is 1.92. The average Bonchev–Trinajstić information content (AvgIpc) is 2.43. The van der Waals surface area contributed by atoms with Crippen LogP contribution >= 0.6 is 27.7 Å². The van der Waals surface area contributed by atoms with Gasteiger partial charge in [0, 0.05) is 11.3 Å². The Hall–Kier alpha value is -1.20. The molecule has 0 aliphatic heterocycles. The van der Waals surface area contributed by atoms with Crippen molar-refractivity contribution in [1.29, 1.82) is 0 Å². The molecule has 0 radical (unpaired) electrons. The van der Waals surface area contributed by atoms with E-state index in [4.69, 9.17) is 0 Å². The van der Waals surface area contributed by atoms with Gasteiger partial charge >= 0.3 is 0 Å². The van der Waals surface area contributed by atoms with Crippen LogP contribution in [0.5, 0.6) is 0 Å². The first-order valence-electron chi connectivity index (χ1n) is 5.89. The van der Waals surface area contributed by atoms with Crippen molar-refractivity contribution >= 4 is 33.5 Å². The van der Waals surface area contributed by atoms with Gasteiger partial charge in [-0.3, -0.25) is 4.79 Å². The molecular weight excluding hydrogens is 346 g/mol. The van der Waals surface area contributed by atoms with Crippen LogP contribution in [0.4, 0.5) is 8.78 Å². The first-order valence-corrected chi connectivity index (χ1v) is 7.67. The number of hydrogen-bond donors (Lipinski definition) is 0. The zero-order valence-electron chi connectivity index (χ0n) is 10.4. The maximum absolute atomic E-state index is 13.3. The van der Waals surface area contributed by atoms with Gasteiger partial charge in [0.15, 0.2) is 0 Å². The summed E-state index contributed by atoms with van der Waals surface area (Å²) in [4.78, 5) is 12.7. The molecule has 0 N–H and O–H groups in total. The molecule has 0 aromatic heterocycles. The molecule has 0 saturated carbocycles. The molecule has 5 heteroatoms. The molecule has 2 aromatic rings. The Morgan fingerprint density at radius 3 is 2.50 bits per heavy atom. The van der Waals surface area contributed by atoms with E-state index >= 15 is 0 Å². The highest BCUT2D eigenvalue weighted by Gasteiger charge is 2.10. The van der Waals surface area contributed by atoms with Crippen molar-refractivity contribution in [3.8, 4) is 0 Å². The SMILES string of the molecule is O=C(CSc1ccc(F)cc1)Cc1cccc(F)c1Br. The van der Waals surface area contributed by atoms with Gasteiger partial charge in [0.05, 0.1) is 10.2 Å². The van der Waals surface area contributed by atoms with Crippen molar-refractivity contribution in [3.63, 3.8) is 0 Å². The lowest BCUT2D eigenvalue weighted by molar-refractivity contribution is -0.116. The standard InChI is InChI=1S/C15H11BrF2OS/c16-15-10(2-1-3-14(15)18)8-12(19)9-20-13-6-4-11(17)5-7-13/h1-7H,8-9H2. The number of benzene rings is 2. The largest absolute Gasteiger partial charge is 0.298 e. The second kappa shape index (κ2) is 6.99. The van der Waals surface area contributed by atoms with Crippen molar-refractivity contribution in [2.24, 2.45) is 0 Å². The van der Waals surface area contributed by atoms with E-state index in [9.17, 15) is 13.6 Å². The van der Waals surface area contributed by atoms with Gasteiger partial charge in [0.1, 0.15) is 17.4 Å². The topological polar surface area (TPSA) is 17.1 Å². The van der Waals surface area contributed by atoms with E-state index in [-0.39, 0.29) is 29.6 Å². The van der Waals surface area contributed by atoms with Gasteiger partial charge in [-0.2, -0.15) is 0 Å². The predicted octanol–water partition coefficient (Wildman–Crippen LogP) is 4.63. The van der Waals surface area contributed by atoms with Crippen LogP contribution in [0.2, 0.25) is 0 Å². The minimum atomic E-state index is -0.374. The number of ketones is 1. The summed E-state index contributed by atoms with van der Waals surface area (Å²) in [5.41, 5.74) is 0.634. The Labute approximate surface area is 128 Å². The van der Waals surface area contributed by atoms with E-state index in [2.05, 4.69) is 15.9 Å². The molecule has 104 valence electrons. The third-order valence-corrected chi connectivity index (χ3v) is 4.59. The normalized spacial score (nSPS) is 10.6. The monoisotopic (exact) mass is 356 g/mol. The highest BCUT2D eigenvalue weighted by atomic mass is 79.9. The number of halogens is 3. The summed E-state index contributed by atoms with van der Waals surface area (Å²) in [6.07, 6.45) is 0.173. The van der Waals surface area contributed by atoms with Crippen LogP contribution in [-0.4, -0.2) is 11.5 Å². The lowest BCUT2D eigenvalue weighted by Gasteiger charge is -2.05. The second-order valence-corrected chi connectivity index (χ2v) is 6.01. The lowest BCUT2D eigenvalue weighted by atomic mass is 10.1. The van der Waals surface area contributed by atoms with Crippen molar-refractivity contribution in [2.75, 3.05) is 5.75 Å². The minimum absolute atomic E-state index is 0.00868. The number of rotatable bonds is 5. The second-order valence-electron chi connectivity index (χ2n) is 4.17. The molecule has 0 amide bonds. The Kier molecular flexibility index (Phi) is 5.31. The zero-order chi connectivity index (χ0) is 14.5. The van der Waals surface area contributed by atoms with Crippen LogP contribution in [0.1, 0.15) is 5.56 Å². The minimum Gasteiger partial charge on any atom is -0.298 e. The highest BCUT2D eigenvalue weighted by Crippen LogP contribution is 2.23. The van der Waals surface area contributed by atoms with Crippen LogP contribution in [0.3, 0.4) is 0 Å². The molecule has 0 unspecified atom stereocenters. The Morgan fingerprint density at radius 1 is 1.10 bits per heavy atom. The Morgan fingerprint density at radius 2 is 1.80 bits per heavy atom. The van der Waals surface area contributed by atoms with Gasteiger partial charge in [-0.05, 0) is 51.8 Å². The van der Waals surface area contributed by atoms with E-state index in [1.54, 1.807) is 24.3 Å².